The van der Waals surface area contributed by atoms with Gasteiger partial charge in [-0.15, -0.1) is 22.0 Å². The summed E-state index contributed by atoms with van der Waals surface area (Å²) in [7, 11) is 0. The Morgan fingerprint density at radius 1 is 1.11 bits per heavy atom. The van der Waals surface area contributed by atoms with Gasteiger partial charge in [0.2, 0.25) is 11.0 Å². The molecule has 6 nitrogen and oxygen atoms in total. The Balaban J connectivity index is 1.57. The first-order valence-electron chi connectivity index (χ1n) is 7.89. The monoisotopic (exact) mass is 418 g/mol. The molecular weight excluding hydrogens is 404 g/mol. The van der Waals surface area contributed by atoms with Crippen LogP contribution >= 0.6 is 34.7 Å². The van der Waals surface area contributed by atoms with E-state index in [2.05, 4.69) is 20.8 Å². The van der Waals surface area contributed by atoms with E-state index < -0.39 is 0 Å². The second-order valence-corrected chi connectivity index (χ2v) is 8.12. The number of nitrogens with zero attached hydrogens (tertiary/aromatic N) is 2. The van der Waals surface area contributed by atoms with E-state index in [4.69, 9.17) is 11.6 Å². The summed E-state index contributed by atoms with van der Waals surface area (Å²) in [6.45, 7) is 1.82. The average Bonchev–Trinajstić information content (AvgIpc) is 3.05. The van der Waals surface area contributed by atoms with Gasteiger partial charge in [-0.1, -0.05) is 35.1 Å². The summed E-state index contributed by atoms with van der Waals surface area (Å²) in [6.07, 6.45) is 0. The Bertz CT molecular complexity index is 977. The van der Waals surface area contributed by atoms with Crippen molar-refractivity contribution in [2.24, 2.45) is 0 Å². The molecule has 138 valence electrons. The fourth-order valence-corrected chi connectivity index (χ4v) is 3.70. The van der Waals surface area contributed by atoms with Crippen LogP contribution in [0, 0.1) is 6.92 Å². The molecule has 0 radical (unpaired) electrons. The Labute approximate surface area is 169 Å². The lowest BCUT2D eigenvalue weighted by molar-refractivity contribution is -0.113. The highest BCUT2D eigenvalue weighted by atomic mass is 35.5. The highest BCUT2D eigenvalue weighted by molar-refractivity contribution is 8.00. The molecule has 3 rings (SSSR count). The number of amides is 2. The van der Waals surface area contributed by atoms with Crippen molar-refractivity contribution in [2.75, 3.05) is 16.4 Å². The van der Waals surface area contributed by atoms with Crippen molar-refractivity contribution in [1.29, 1.82) is 0 Å². The van der Waals surface area contributed by atoms with E-state index in [1.807, 2.05) is 25.1 Å². The molecule has 0 bridgehead atoms. The minimum atomic E-state index is -0.246. The van der Waals surface area contributed by atoms with Gasteiger partial charge in [0.15, 0.2) is 0 Å². The van der Waals surface area contributed by atoms with Gasteiger partial charge in [-0.25, -0.2) is 0 Å². The van der Waals surface area contributed by atoms with Crippen LogP contribution < -0.4 is 10.6 Å². The van der Waals surface area contributed by atoms with Crippen LogP contribution in [-0.4, -0.2) is 27.8 Å². The van der Waals surface area contributed by atoms with Gasteiger partial charge in [0.25, 0.3) is 5.91 Å². The molecule has 2 aromatic carbocycles. The highest BCUT2D eigenvalue weighted by Gasteiger charge is 2.09. The summed E-state index contributed by atoms with van der Waals surface area (Å²) in [4.78, 5) is 25.2. The van der Waals surface area contributed by atoms with Crippen LogP contribution in [0.25, 0.3) is 0 Å². The predicted octanol–water partition coefficient (Wildman–Crippen LogP) is 4.48. The Morgan fingerprint density at radius 2 is 1.93 bits per heavy atom. The molecule has 2 N–H and O–H groups in total. The molecule has 1 heterocycles. The number of nitrogens with one attached hydrogen (secondary N) is 2. The van der Waals surface area contributed by atoms with E-state index in [9.17, 15) is 9.59 Å². The van der Waals surface area contributed by atoms with Gasteiger partial charge in [-0.3, -0.25) is 14.9 Å². The Morgan fingerprint density at radius 3 is 2.67 bits per heavy atom. The van der Waals surface area contributed by atoms with Crippen molar-refractivity contribution in [1.82, 2.24) is 10.2 Å². The van der Waals surface area contributed by atoms with Crippen molar-refractivity contribution in [3.63, 3.8) is 0 Å². The zero-order chi connectivity index (χ0) is 19.2. The van der Waals surface area contributed by atoms with E-state index in [1.165, 1.54) is 23.1 Å². The van der Waals surface area contributed by atoms with Crippen LogP contribution in [0.5, 0.6) is 0 Å². The van der Waals surface area contributed by atoms with Crippen LogP contribution in [0.2, 0.25) is 5.02 Å². The average molecular weight is 419 g/mol. The molecule has 9 heteroatoms. The molecule has 3 aromatic rings. The lowest BCUT2D eigenvalue weighted by atomic mass is 10.2. The van der Waals surface area contributed by atoms with Crippen molar-refractivity contribution < 1.29 is 9.59 Å². The number of hydrogen-bond acceptors (Lipinski definition) is 6. The standard InChI is InChI=1S/C18H15ClN4O2S2/c1-11-22-23-18(27-11)21-16(24)10-26-15-7-3-6-14(9-15)20-17(25)12-4-2-5-13(19)8-12/h2-9H,10H2,1H3,(H,20,25)(H,21,23,24). The van der Waals surface area contributed by atoms with Crippen molar-refractivity contribution in [2.45, 2.75) is 11.8 Å². The maximum atomic E-state index is 12.3. The quantitative estimate of drug-likeness (QED) is 0.576. The van der Waals surface area contributed by atoms with Crippen LogP contribution in [0.4, 0.5) is 10.8 Å². The SMILES string of the molecule is Cc1nnc(NC(=O)CSc2cccc(NC(=O)c3cccc(Cl)c3)c2)s1. The van der Waals surface area contributed by atoms with Crippen molar-refractivity contribution in [3.8, 4) is 0 Å². The molecule has 0 aliphatic rings. The minimum Gasteiger partial charge on any atom is -0.322 e. The van der Waals surface area contributed by atoms with E-state index in [0.29, 0.717) is 21.4 Å². The van der Waals surface area contributed by atoms with Gasteiger partial charge in [-0.2, -0.15) is 0 Å². The summed E-state index contributed by atoms with van der Waals surface area (Å²) in [5.41, 5.74) is 1.12. The summed E-state index contributed by atoms with van der Waals surface area (Å²) in [5, 5.41) is 15.0. The van der Waals surface area contributed by atoms with Gasteiger partial charge in [0.05, 0.1) is 5.75 Å². The number of thioether (sulfide) groups is 1. The molecule has 0 fully saturated rings. The second-order valence-electron chi connectivity index (χ2n) is 5.46. The normalized spacial score (nSPS) is 10.4. The molecule has 0 saturated heterocycles. The Kier molecular flexibility index (Phi) is 6.44. The van der Waals surface area contributed by atoms with Crippen LogP contribution in [-0.2, 0) is 4.79 Å². The lowest BCUT2D eigenvalue weighted by Gasteiger charge is -2.08. The third-order valence-corrected chi connectivity index (χ3v) is 5.30. The number of anilines is 2. The molecule has 0 spiro atoms. The Hall–Kier alpha value is -2.42. The maximum absolute atomic E-state index is 12.3. The molecule has 2 amide bonds. The van der Waals surface area contributed by atoms with Gasteiger partial charge in [0, 0.05) is 21.2 Å². The van der Waals surface area contributed by atoms with Crippen LogP contribution in [0.1, 0.15) is 15.4 Å². The first kappa shape index (κ1) is 19.3. The predicted molar refractivity (Wildman–Crippen MR) is 110 cm³/mol. The van der Waals surface area contributed by atoms with E-state index in [1.54, 1.807) is 30.3 Å². The summed E-state index contributed by atoms with van der Waals surface area (Å²) in [6, 6.07) is 14.0. The first-order chi connectivity index (χ1) is 13.0. The second kappa shape index (κ2) is 8.98. The number of hydrogen-bond donors (Lipinski definition) is 2. The van der Waals surface area contributed by atoms with Gasteiger partial charge in [-0.05, 0) is 43.3 Å². The zero-order valence-corrected chi connectivity index (χ0v) is 16.6. The molecule has 0 aliphatic carbocycles. The minimum absolute atomic E-state index is 0.162. The zero-order valence-electron chi connectivity index (χ0n) is 14.2. The molecule has 1 aromatic heterocycles. The van der Waals surface area contributed by atoms with Crippen LogP contribution in [0.3, 0.4) is 0 Å². The van der Waals surface area contributed by atoms with Crippen molar-refractivity contribution in [3.05, 3.63) is 64.1 Å². The van der Waals surface area contributed by atoms with Crippen molar-refractivity contribution >= 4 is 57.3 Å². The fourth-order valence-electron chi connectivity index (χ4n) is 2.15. The van der Waals surface area contributed by atoms with E-state index >= 15 is 0 Å². The topological polar surface area (TPSA) is 84.0 Å². The molecular formula is C18H15ClN4O2S2. The third-order valence-electron chi connectivity index (χ3n) is 3.32. The largest absolute Gasteiger partial charge is 0.322 e. The number of rotatable bonds is 6. The molecule has 0 atom stereocenters. The molecule has 27 heavy (non-hydrogen) atoms. The highest BCUT2D eigenvalue weighted by Crippen LogP contribution is 2.23. The third kappa shape index (κ3) is 5.78. The molecule has 0 saturated carbocycles. The number of benzene rings is 2. The van der Waals surface area contributed by atoms with E-state index in [0.717, 1.165) is 9.90 Å². The van der Waals surface area contributed by atoms with Gasteiger partial charge >= 0.3 is 0 Å². The summed E-state index contributed by atoms with van der Waals surface area (Å²) < 4.78 is 0. The smallest absolute Gasteiger partial charge is 0.255 e. The fraction of sp³-hybridized carbons (Fsp3) is 0.111. The number of carbonyl (C=O) groups is 2. The van der Waals surface area contributed by atoms with Crippen LogP contribution in [0.15, 0.2) is 53.4 Å². The molecule has 0 aliphatic heterocycles. The number of aryl methyl sites for hydroxylation is 1. The lowest BCUT2D eigenvalue weighted by Crippen LogP contribution is -2.14. The van der Waals surface area contributed by atoms with Gasteiger partial charge in [0.1, 0.15) is 5.01 Å². The number of halogens is 1. The summed E-state index contributed by atoms with van der Waals surface area (Å²) in [5.74, 6) is -0.182. The molecule has 0 unspecified atom stereocenters. The first-order valence-corrected chi connectivity index (χ1v) is 10.1. The maximum Gasteiger partial charge on any atom is 0.255 e. The van der Waals surface area contributed by atoms with Gasteiger partial charge < -0.3 is 5.32 Å². The number of carbonyl (C=O) groups excluding carboxylic acids is 2. The van der Waals surface area contributed by atoms with E-state index in [-0.39, 0.29) is 17.6 Å². The number of aromatic nitrogens is 2. The summed E-state index contributed by atoms with van der Waals surface area (Å²) >= 11 is 8.61.